The molecule has 1 aromatic rings. The molecule has 0 bridgehead atoms. The Morgan fingerprint density at radius 1 is 1.67 bits per heavy atom. The molecule has 0 aromatic carbocycles. The number of methoxy groups -OCH3 is 1. The molecule has 1 aromatic heterocycles. The molecule has 0 fully saturated rings. The van der Waals surface area contributed by atoms with E-state index in [-0.39, 0.29) is 5.56 Å². The first kappa shape index (κ1) is 9.55. The molecule has 1 heterocycles. The van der Waals surface area contributed by atoms with Crippen LogP contribution in [0.2, 0.25) is 0 Å². The Morgan fingerprint density at radius 3 is 2.75 bits per heavy atom. The topological polar surface area (TPSA) is 47.0 Å². The maximum atomic E-state index is 11.4. The number of hydrogen-bond donors (Lipinski definition) is 1. The third kappa shape index (κ3) is 1.47. The van der Waals surface area contributed by atoms with Gasteiger partial charge in [0, 0.05) is 0 Å². The average Bonchev–Trinajstić information content (AvgIpc) is 2.01. The summed E-state index contributed by atoms with van der Waals surface area (Å²) in [6.07, 6.45) is 0. The monoisotopic (exact) mass is 248 g/mol. The summed E-state index contributed by atoms with van der Waals surface area (Å²) in [5.74, 6) is 0.339. The van der Waals surface area contributed by atoms with Crippen LogP contribution in [0.1, 0.15) is 0 Å². The van der Waals surface area contributed by atoms with E-state index in [9.17, 15) is 4.79 Å². The molecule has 0 aliphatic rings. The van der Waals surface area contributed by atoms with Gasteiger partial charge in [0.2, 0.25) is 0 Å². The van der Waals surface area contributed by atoms with Crippen LogP contribution in [0.15, 0.2) is 4.79 Å². The van der Waals surface area contributed by atoms with Crippen LogP contribution in [0, 0.1) is 4.77 Å². The van der Waals surface area contributed by atoms with E-state index >= 15 is 0 Å². The fourth-order valence-electron chi connectivity index (χ4n) is 0.813. The van der Waals surface area contributed by atoms with Crippen LogP contribution >= 0.6 is 12.2 Å². The number of rotatable bonds is 1. The number of nitrogens with zero attached hydrogens (tertiary/aromatic N) is 1. The van der Waals surface area contributed by atoms with Crippen molar-refractivity contribution in [3.63, 3.8) is 0 Å². The van der Waals surface area contributed by atoms with Crippen LogP contribution in [0.4, 0.5) is 0 Å². The van der Waals surface area contributed by atoms with Crippen molar-refractivity contribution in [3.8, 4) is 5.75 Å². The van der Waals surface area contributed by atoms with Gasteiger partial charge in [-0.25, -0.2) is 0 Å². The average molecular weight is 248 g/mol. The minimum absolute atomic E-state index is 0.194. The zero-order chi connectivity index (χ0) is 9.30. The summed E-state index contributed by atoms with van der Waals surface area (Å²) in [7, 11) is 3.08. The molecule has 66 valence electrons. The number of nitrogens with one attached hydrogen (secondary N) is 1. The zero-order valence-corrected chi connectivity index (χ0v) is 9.99. The second-order valence-electron chi connectivity index (χ2n) is 2.24. The molecule has 0 saturated carbocycles. The van der Waals surface area contributed by atoms with E-state index in [4.69, 9.17) is 17.0 Å². The number of hydrogen-bond acceptors (Lipinski definition) is 3. The predicted octanol–water partition coefficient (Wildman–Crippen LogP) is -1.29. The van der Waals surface area contributed by atoms with Crippen LogP contribution in [-0.4, -0.2) is 33.5 Å². The Hall–Kier alpha value is -0.542. The van der Waals surface area contributed by atoms with Crippen molar-refractivity contribution < 1.29 is 4.74 Å². The van der Waals surface area contributed by atoms with E-state index in [0.717, 1.165) is 4.48 Å². The van der Waals surface area contributed by atoms with Gasteiger partial charge >= 0.3 is 82.9 Å². The fraction of sp³-hybridized carbons (Fsp3) is 0.333. The number of H-pyrrole nitrogens is 1. The maximum absolute atomic E-state index is 11.4. The summed E-state index contributed by atoms with van der Waals surface area (Å²) in [5.41, 5.74) is -0.194. The van der Waals surface area contributed by atoms with Crippen LogP contribution < -0.4 is 14.8 Å². The molecule has 12 heavy (non-hydrogen) atoms. The molecule has 0 aliphatic heterocycles. The van der Waals surface area contributed by atoms with E-state index in [1.54, 1.807) is 7.05 Å². The molecule has 0 radical (unpaired) electrons. The van der Waals surface area contributed by atoms with Gasteiger partial charge in [0.05, 0.1) is 0 Å². The Kier molecular flexibility index (Phi) is 2.75. The minimum atomic E-state index is -0.194. The van der Waals surface area contributed by atoms with Crippen molar-refractivity contribution in [2.24, 2.45) is 7.05 Å². The van der Waals surface area contributed by atoms with Gasteiger partial charge in [-0.15, -0.1) is 0 Å². The Bertz CT molecular complexity index is 409. The zero-order valence-electron chi connectivity index (χ0n) is 6.75. The van der Waals surface area contributed by atoms with Crippen molar-refractivity contribution in [1.82, 2.24) is 9.55 Å². The predicted molar refractivity (Wildman–Crippen MR) is 51.6 cm³/mol. The van der Waals surface area contributed by atoms with Gasteiger partial charge in [-0.2, -0.15) is 0 Å². The molecular weight excluding hydrogens is 239 g/mol. The first-order valence-electron chi connectivity index (χ1n) is 3.20. The standard InChI is InChI=1S/C6H9AsN2O2S/c1-9-5(10)3(11-2)4(7)8-6(9)12/h7H2,1-2H3,(H,8,12). The van der Waals surface area contributed by atoms with Gasteiger partial charge < -0.3 is 0 Å². The number of ether oxygens (including phenoxy) is 1. The van der Waals surface area contributed by atoms with E-state index in [1.165, 1.54) is 28.5 Å². The molecule has 1 atom stereocenters. The number of aromatic amines is 1. The molecule has 0 aliphatic carbocycles. The molecule has 1 unspecified atom stereocenters. The van der Waals surface area contributed by atoms with E-state index in [2.05, 4.69) is 4.98 Å². The molecule has 4 nitrogen and oxygen atoms in total. The first-order chi connectivity index (χ1) is 5.57. The molecular formula is C6H9AsN2O2S. The quantitative estimate of drug-likeness (QED) is 0.497. The van der Waals surface area contributed by atoms with Gasteiger partial charge in [0.1, 0.15) is 0 Å². The Balaban J connectivity index is 3.63. The SMILES string of the molecule is COc1c([AsH2])[nH]c(=S)n(C)c1=O. The van der Waals surface area contributed by atoms with Crippen molar-refractivity contribution in [1.29, 1.82) is 0 Å². The van der Waals surface area contributed by atoms with Crippen LogP contribution in [-0.2, 0) is 7.05 Å². The van der Waals surface area contributed by atoms with Gasteiger partial charge in [-0.3, -0.25) is 0 Å². The van der Waals surface area contributed by atoms with E-state index in [0.29, 0.717) is 10.5 Å². The molecule has 0 amide bonds. The molecule has 6 heteroatoms. The van der Waals surface area contributed by atoms with Gasteiger partial charge in [0.25, 0.3) is 0 Å². The summed E-state index contributed by atoms with van der Waals surface area (Å²) < 4.78 is 7.40. The summed E-state index contributed by atoms with van der Waals surface area (Å²) in [5, 5.41) is 0. The molecule has 0 spiro atoms. The third-order valence-corrected chi connectivity index (χ3v) is 2.72. The summed E-state index contributed by atoms with van der Waals surface area (Å²) in [6, 6.07) is 0. The summed E-state index contributed by atoms with van der Waals surface area (Å²) in [6.45, 7) is 0. The van der Waals surface area contributed by atoms with Crippen LogP contribution in [0.5, 0.6) is 5.75 Å². The Morgan fingerprint density at radius 2 is 2.25 bits per heavy atom. The van der Waals surface area contributed by atoms with Gasteiger partial charge in [-0.05, 0) is 0 Å². The second kappa shape index (κ2) is 3.45. The van der Waals surface area contributed by atoms with Crippen molar-refractivity contribution in [2.45, 2.75) is 0 Å². The van der Waals surface area contributed by atoms with Gasteiger partial charge in [0.15, 0.2) is 0 Å². The van der Waals surface area contributed by atoms with E-state index < -0.39 is 0 Å². The van der Waals surface area contributed by atoms with Crippen LogP contribution in [0.3, 0.4) is 0 Å². The molecule has 1 N–H and O–H groups in total. The van der Waals surface area contributed by atoms with Crippen LogP contribution in [0.25, 0.3) is 0 Å². The second-order valence-corrected chi connectivity index (χ2v) is 3.84. The number of aromatic nitrogens is 2. The van der Waals surface area contributed by atoms with Gasteiger partial charge in [-0.1, -0.05) is 0 Å². The normalized spacial score (nSPS) is 9.92. The van der Waals surface area contributed by atoms with Crippen molar-refractivity contribution >= 4 is 33.6 Å². The summed E-state index contributed by atoms with van der Waals surface area (Å²) >= 11 is 6.18. The Labute approximate surface area is 83.1 Å². The summed E-state index contributed by atoms with van der Waals surface area (Å²) in [4.78, 5) is 14.3. The third-order valence-electron chi connectivity index (χ3n) is 1.49. The molecule has 0 saturated heterocycles. The van der Waals surface area contributed by atoms with Crippen molar-refractivity contribution in [3.05, 3.63) is 15.1 Å². The van der Waals surface area contributed by atoms with E-state index in [1.807, 2.05) is 0 Å². The van der Waals surface area contributed by atoms with Crippen molar-refractivity contribution in [2.75, 3.05) is 7.11 Å². The first-order valence-corrected chi connectivity index (χ1v) is 4.82. The molecule has 1 rings (SSSR count). The fourth-order valence-corrected chi connectivity index (χ4v) is 2.02.